The molecule has 92 valence electrons. The molecule has 0 aromatic carbocycles. The van der Waals surface area contributed by atoms with Crippen molar-refractivity contribution in [2.24, 2.45) is 5.73 Å². The molecule has 0 saturated heterocycles. The Morgan fingerprint density at radius 3 is 2.50 bits per heavy atom. The zero-order valence-electron chi connectivity index (χ0n) is 10.6. The molecule has 0 aliphatic rings. The number of hydrogen-bond acceptors (Lipinski definition) is 3. The predicted molar refractivity (Wildman–Crippen MR) is 65.7 cm³/mol. The highest BCUT2D eigenvalue weighted by Gasteiger charge is 2.21. The number of carbonyl (C=O) groups excluding carboxylic acids is 1. The standard InChI is InChI=1S/C13H23NO2/c1-5-6-7-8-9-10-11(14)12(15)16-13(2,3)4/h1,11H,6-10,14H2,2-4H3. The zero-order chi connectivity index (χ0) is 12.6. The van der Waals surface area contributed by atoms with Gasteiger partial charge in [-0.1, -0.05) is 12.8 Å². The first-order valence-electron chi connectivity index (χ1n) is 5.78. The van der Waals surface area contributed by atoms with Crippen molar-refractivity contribution in [2.75, 3.05) is 0 Å². The Hall–Kier alpha value is -1.01. The first-order valence-corrected chi connectivity index (χ1v) is 5.78. The van der Waals surface area contributed by atoms with Gasteiger partial charge in [-0.15, -0.1) is 12.3 Å². The summed E-state index contributed by atoms with van der Waals surface area (Å²) in [5.41, 5.74) is 5.26. The fourth-order valence-corrected chi connectivity index (χ4v) is 1.26. The summed E-state index contributed by atoms with van der Waals surface area (Å²) in [7, 11) is 0. The summed E-state index contributed by atoms with van der Waals surface area (Å²) in [6.07, 6.45) is 9.53. The van der Waals surface area contributed by atoms with Crippen molar-refractivity contribution in [3.05, 3.63) is 0 Å². The van der Waals surface area contributed by atoms with Gasteiger partial charge in [-0.05, 0) is 33.6 Å². The van der Waals surface area contributed by atoms with E-state index < -0.39 is 11.6 Å². The summed E-state index contributed by atoms with van der Waals surface area (Å²) in [5.74, 6) is 2.27. The van der Waals surface area contributed by atoms with Crippen LogP contribution in [0.3, 0.4) is 0 Å². The number of terminal acetylenes is 1. The third kappa shape index (κ3) is 8.31. The minimum atomic E-state index is -0.509. The Kier molecular flexibility index (Phi) is 6.83. The first kappa shape index (κ1) is 15.0. The van der Waals surface area contributed by atoms with Crippen LogP contribution in [0.1, 0.15) is 52.9 Å². The fourth-order valence-electron chi connectivity index (χ4n) is 1.26. The van der Waals surface area contributed by atoms with E-state index >= 15 is 0 Å². The lowest BCUT2D eigenvalue weighted by molar-refractivity contribution is -0.156. The molecule has 0 heterocycles. The normalized spacial score (nSPS) is 12.9. The third-order valence-corrected chi connectivity index (χ3v) is 2.05. The number of nitrogens with two attached hydrogens (primary N) is 1. The van der Waals surface area contributed by atoms with Crippen molar-refractivity contribution in [1.82, 2.24) is 0 Å². The number of rotatable bonds is 6. The molecule has 3 heteroatoms. The van der Waals surface area contributed by atoms with Gasteiger partial charge in [-0.25, -0.2) is 0 Å². The zero-order valence-corrected chi connectivity index (χ0v) is 10.6. The lowest BCUT2D eigenvalue weighted by Gasteiger charge is -2.22. The Labute approximate surface area is 98.7 Å². The topological polar surface area (TPSA) is 52.3 Å². The van der Waals surface area contributed by atoms with E-state index in [2.05, 4.69) is 5.92 Å². The minimum Gasteiger partial charge on any atom is -0.459 e. The smallest absolute Gasteiger partial charge is 0.323 e. The van der Waals surface area contributed by atoms with Crippen LogP contribution in [0.15, 0.2) is 0 Å². The summed E-state index contributed by atoms with van der Waals surface area (Å²) >= 11 is 0. The number of ether oxygens (including phenoxy) is 1. The molecule has 0 rings (SSSR count). The number of unbranched alkanes of at least 4 members (excludes halogenated alkanes) is 3. The molecule has 0 aromatic rings. The van der Waals surface area contributed by atoms with Crippen LogP contribution in [0, 0.1) is 12.3 Å². The van der Waals surface area contributed by atoms with Gasteiger partial charge >= 0.3 is 5.97 Å². The molecule has 0 radical (unpaired) electrons. The van der Waals surface area contributed by atoms with E-state index in [9.17, 15) is 4.79 Å². The summed E-state index contributed by atoms with van der Waals surface area (Å²) < 4.78 is 5.18. The van der Waals surface area contributed by atoms with Gasteiger partial charge in [0.05, 0.1) is 0 Å². The van der Waals surface area contributed by atoms with Crippen molar-refractivity contribution in [2.45, 2.75) is 64.5 Å². The van der Waals surface area contributed by atoms with Crippen molar-refractivity contribution in [3.63, 3.8) is 0 Å². The second-order valence-corrected chi connectivity index (χ2v) is 4.94. The van der Waals surface area contributed by atoms with E-state index in [1.807, 2.05) is 20.8 Å². The molecule has 1 atom stereocenters. The highest BCUT2D eigenvalue weighted by Crippen LogP contribution is 2.11. The van der Waals surface area contributed by atoms with Crippen molar-refractivity contribution < 1.29 is 9.53 Å². The minimum absolute atomic E-state index is 0.315. The number of hydrogen-bond donors (Lipinski definition) is 1. The van der Waals surface area contributed by atoms with E-state index in [-0.39, 0.29) is 5.97 Å². The first-order chi connectivity index (χ1) is 7.37. The van der Waals surface area contributed by atoms with E-state index in [0.717, 1.165) is 25.7 Å². The maximum atomic E-state index is 11.5. The van der Waals surface area contributed by atoms with Crippen LogP contribution in [0.25, 0.3) is 0 Å². The van der Waals surface area contributed by atoms with Crippen LogP contribution in [0.2, 0.25) is 0 Å². The molecule has 0 saturated carbocycles. The van der Waals surface area contributed by atoms with Gasteiger partial charge in [-0.2, -0.15) is 0 Å². The van der Waals surface area contributed by atoms with Crippen LogP contribution >= 0.6 is 0 Å². The molecule has 2 N–H and O–H groups in total. The van der Waals surface area contributed by atoms with Crippen LogP contribution < -0.4 is 5.73 Å². The van der Waals surface area contributed by atoms with Gasteiger partial charge in [0.1, 0.15) is 11.6 Å². The fraction of sp³-hybridized carbons (Fsp3) is 0.769. The average Bonchev–Trinajstić information content (AvgIpc) is 2.14. The summed E-state index contributed by atoms with van der Waals surface area (Å²) in [6.45, 7) is 5.51. The van der Waals surface area contributed by atoms with E-state index in [4.69, 9.17) is 16.9 Å². The highest BCUT2D eigenvalue weighted by atomic mass is 16.6. The molecule has 0 amide bonds. The highest BCUT2D eigenvalue weighted by molar-refractivity contribution is 5.75. The summed E-state index contributed by atoms with van der Waals surface area (Å²) in [6, 6.07) is -0.509. The second kappa shape index (κ2) is 7.29. The molecule has 0 aromatic heterocycles. The van der Waals surface area contributed by atoms with Crippen molar-refractivity contribution in [3.8, 4) is 12.3 Å². The molecule has 0 aliphatic carbocycles. The molecular weight excluding hydrogens is 202 g/mol. The third-order valence-electron chi connectivity index (χ3n) is 2.05. The van der Waals surface area contributed by atoms with Crippen molar-refractivity contribution >= 4 is 5.97 Å². The quantitative estimate of drug-likeness (QED) is 0.428. The molecular formula is C13H23NO2. The van der Waals surface area contributed by atoms with Crippen molar-refractivity contribution in [1.29, 1.82) is 0 Å². The number of esters is 1. The lowest BCUT2D eigenvalue weighted by Crippen LogP contribution is -2.37. The molecule has 1 unspecified atom stereocenters. The van der Waals surface area contributed by atoms with Crippen LogP contribution in [-0.4, -0.2) is 17.6 Å². The van der Waals surface area contributed by atoms with E-state index in [1.165, 1.54) is 0 Å². The Morgan fingerprint density at radius 1 is 1.38 bits per heavy atom. The van der Waals surface area contributed by atoms with Gasteiger partial charge in [0.15, 0.2) is 0 Å². The molecule has 3 nitrogen and oxygen atoms in total. The monoisotopic (exact) mass is 225 g/mol. The molecule has 0 fully saturated rings. The Balaban J connectivity index is 3.68. The SMILES string of the molecule is C#CCCCCCC(N)C(=O)OC(C)(C)C. The Bertz CT molecular complexity index is 248. The summed E-state index contributed by atoms with van der Waals surface area (Å²) in [4.78, 5) is 11.5. The maximum absolute atomic E-state index is 11.5. The summed E-state index contributed by atoms with van der Waals surface area (Å²) in [5, 5.41) is 0. The predicted octanol–water partition coefficient (Wildman–Crippen LogP) is 2.24. The van der Waals surface area contributed by atoms with Gasteiger partial charge in [0.2, 0.25) is 0 Å². The Morgan fingerprint density at radius 2 is 2.00 bits per heavy atom. The van der Waals surface area contributed by atoms with Gasteiger partial charge in [0, 0.05) is 6.42 Å². The van der Waals surface area contributed by atoms with Gasteiger partial charge < -0.3 is 10.5 Å². The lowest BCUT2D eigenvalue weighted by atomic mass is 10.1. The van der Waals surface area contributed by atoms with Gasteiger partial charge in [-0.3, -0.25) is 4.79 Å². The molecule has 0 aliphatic heterocycles. The largest absolute Gasteiger partial charge is 0.459 e. The molecule has 16 heavy (non-hydrogen) atoms. The van der Waals surface area contributed by atoms with E-state index in [0.29, 0.717) is 6.42 Å². The number of carbonyl (C=O) groups is 1. The molecule has 0 spiro atoms. The molecule has 0 bridgehead atoms. The van der Waals surface area contributed by atoms with Gasteiger partial charge in [0.25, 0.3) is 0 Å². The van der Waals surface area contributed by atoms with E-state index in [1.54, 1.807) is 0 Å². The second-order valence-electron chi connectivity index (χ2n) is 4.94. The van der Waals surface area contributed by atoms with Crippen LogP contribution in [-0.2, 0) is 9.53 Å². The van der Waals surface area contributed by atoms with Crippen LogP contribution in [0.5, 0.6) is 0 Å². The average molecular weight is 225 g/mol. The maximum Gasteiger partial charge on any atom is 0.323 e. The van der Waals surface area contributed by atoms with Crippen LogP contribution in [0.4, 0.5) is 0 Å².